The van der Waals surface area contributed by atoms with E-state index in [-0.39, 0.29) is 11.3 Å². The highest BCUT2D eigenvalue weighted by Gasteiger charge is 2.19. The number of amides is 3. The Kier molecular flexibility index (Phi) is 6.48. The van der Waals surface area contributed by atoms with E-state index in [1.165, 1.54) is 24.3 Å². The number of urea groups is 1. The molecule has 3 aromatic carbocycles. The van der Waals surface area contributed by atoms with Gasteiger partial charge in [-0.05, 0) is 67.4 Å². The van der Waals surface area contributed by atoms with Gasteiger partial charge in [0.25, 0.3) is 5.91 Å². The standard InChI is InChI=1S/C24H21F3N4O2/c25-16-5-3-15(4-6-16)23(32)28-18-8-10-22(31-11-1-2-12-31)21(14-18)30-24(33)29-20-13-17(26)7-9-19(20)27/h3-10,13-14H,1-2,11-12H2,(H,28,32)(H2,29,30,33). The first-order valence-electron chi connectivity index (χ1n) is 10.4. The molecule has 9 heteroatoms. The molecule has 1 aliphatic heterocycles. The summed E-state index contributed by atoms with van der Waals surface area (Å²) in [5, 5.41) is 7.68. The van der Waals surface area contributed by atoms with Crippen LogP contribution in [0.5, 0.6) is 0 Å². The molecule has 0 bridgehead atoms. The number of carbonyl (C=O) groups excluding carboxylic acids is 2. The van der Waals surface area contributed by atoms with E-state index in [2.05, 4.69) is 20.9 Å². The Labute approximate surface area is 188 Å². The van der Waals surface area contributed by atoms with Crippen molar-refractivity contribution in [2.45, 2.75) is 12.8 Å². The zero-order valence-electron chi connectivity index (χ0n) is 17.5. The summed E-state index contributed by atoms with van der Waals surface area (Å²) in [5.74, 6) is -2.35. The van der Waals surface area contributed by atoms with Gasteiger partial charge in [-0.15, -0.1) is 0 Å². The van der Waals surface area contributed by atoms with Crippen LogP contribution in [0, 0.1) is 17.5 Å². The summed E-state index contributed by atoms with van der Waals surface area (Å²) in [6, 6.07) is 12.2. The van der Waals surface area contributed by atoms with Crippen LogP contribution in [0.3, 0.4) is 0 Å². The molecule has 1 fully saturated rings. The summed E-state index contributed by atoms with van der Waals surface area (Å²) < 4.78 is 40.4. The minimum Gasteiger partial charge on any atom is -0.370 e. The topological polar surface area (TPSA) is 73.5 Å². The molecule has 4 rings (SSSR count). The predicted octanol–water partition coefficient (Wildman–Crippen LogP) is 5.60. The Hall–Kier alpha value is -4.01. The van der Waals surface area contributed by atoms with Gasteiger partial charge < -0.3 is 20.9 Å². The molecule has 33 heavy (non-hydrogen) atoms. The van der Waals surface area contributed by atoms with E-state index in [1.807, 2.05) is 0 Å². The van der Waals surface area contributed by atoms with Crippen molar-refractivity contribution >= 4 is 34.7 Å². The molecule has 0 saturated carbocycles. The van der Waals surface area contributed by atoms with Crippen LogP contribution in [0.2, 0.25) is 0 Å². The van der Waals surface area contributed by atoms with Crippen molar-refractivity contribution in [1.82, 2.24) is 0 Å². The largest absolute Gasteiger partial charge is 0.370 e. The second-order valence-electron chi connectivity index (χ2n) is 7.59. The number of nitrogens with one attached hydrogen (secondary N) is 3. The molecule has 3 N–H and O–H groups in total. The van der Waals surface area contributed by atoms with Gasteiger partial charge in [0.1, 0.15) is 17.5 Å². The summed E-state index contributed by atoms with van der Waals surface area (Å²) in [7, 11) is 0. The van der Waals surface area contributed by atoms with Crippen LogP contribution in [0.4, 0.5) is 40.7 Å². The van der Waals surface area contributed by atoms with Crippen LogP contribution in [0.15, 0.2) is 60.7 Å². The van der Waals surface area contributed by atoms with E-state index in [9.17, 15) is 22.8 Å². The van der Waals surface area contributed by atoms with Gasteiger partial charge in [0.2, 0.25) is 0 Å². The average molecular weight is 454 g/mol. The molecule has 0 radical (unpaired) electrons. The second-order valence-corrected chi connectivity index (χ2v) is 7.59. The molecule has 170 valence electrons. The molecule has 0 unspecified atom stereocenters. The van der Waals surface area contributed by atoms with Gasteiger partial charge in [0.05, 0.1) is 17.1 Å². The molecule has 3 amide bonds. The molecule has 0 spiro atoms. The summed E-state index contributed by atoms with van der Waals surface area (Å²) >= 11 is 0. The molecule has 1 aliphatic rings. The number of anilines is 4. The van der Waals surface area contributed by atoms with Gasteiger partial charge in [-0.25, -0.2) is 18.0 Å². The fourth-order valence-corrected chi connectivity index (χ4v) is 3.62. The van der Waals surface area contributed by atoms with E-state index < -0.39 is 29.4 Å². The first-order chi connectivity index (χ1) is 15.9. The van der Waals surface area contributed by atoms with Crippen LogP contribution in [0.1, 0.15) is 23.2 Å². The van der Waals surface area contributed by atoms with E-state index in [4.69, 9.17) is 0 Å². The van der Waals surface area contributed by atoms with Crippen LogP contribution in [-0.4, -0.2) is 25.0 Å². The Balaban J connectivity index is 1.56. The van der Waals surface area contributed by atoms with Gasteiger partial charge in [-0.2, -0.15) is 0 Å². The summed E-state index contributed by atoms with van der Waals surface area (Å²) in [5.41, 5.74) is 1.51. The maximum Gasteiger partial charge on any atom is 0.323 e. The summed E-state index contributed by atoms with van der Waals surface area (Å²) in [4.78, 5) is 27.1. The van der Waals surface area contributed by atoms with Gasteiger partial charge in [-0.1, -0.05) is 0 Å². The van der Waals surface area contributed by atoms with Crippen molar-refractivity contribution in [3.8, 4) is 0 Å². The highest BCUT2D eigenvalue weighted by molar-refractivity contribution is 6.06. The van der Waals surface area contributed by atoms with E-state index in [0.717, 1.165) is 49.8 Å². The highest BCUT2D eigenvalue weighted by Crippen LogP contribution is 2.32. The Morgan fingerprint density at radius 3 is 2.12 bits per heavy atom. The molecule has 0 aromatic heterocycles. The maximum atomic E-state index is 13.9. The zero-order valence-corrected chi connectivity index (χ0v) is 17.5. The minimum atomic E-state index is -0.772. The summed E-state index contributed by atoms with van der Waals surface area (Å²) in [6.07, 6.45) is 2.01. The molecule has 1 heterocycles. The zero-order chi connectivity index (χ0) is 23.4. The first-order valence-corrected chi connectivity index (χ1v) is 10.4. The van der Waals surface area contributed by atoms with Crippen molar-refractivity contribution in [1.29, 1.82) is 0 Å². The number of nitrogens with zero attached hydrogens (tertiary/aromatic N) is 1. The van der Waals surface area contributed by atoms with Gasteiger partial charge in [-0.3, -0.25) is 4.79 Å². The molecule has 1 saturated heterocycles. The van der Waals surface area contributed by atoms with Crippen molar-refractivity contribution in [2.75, 3.05) is 33.9 Å². The summed E-state index contributed by atoms with van der Waals surface area (Å²) in [6.45, 7) is 1.60. The van der Waals surface area contributed by atoms with Crippen LogP contribution in [-0.2, 0) is 0 Å². The highest BCUT2D eigenvalue weighted by atomic mass is 19.1. The fraction of sp³-hybridized carbons (Fsp3) is 0.167. The number of halogens is 3. The normalized spacial score (nSPS) is 13.0. The number of rotatable bonds is 5. The molecule has 3 aromatic rings. The first kappa shape index (κ1) is 22.2. The molecule has 0 aliphatic carbocycles. The lowest BCUT2D eigenvalue weighted by Gasteiger charge is -2.22. The minimum absolute atomic E-state index is 0.272. The Bertz CT molecular complexity index is 1180. The second kappa shape index (κ2) is 9.64. The smallest absolute Gasteiger partial charge is 0.323 e. The van der Waals surface area contributed by atoms with Crippen LogP contribution >= 0.6 is 0 Å². The lowest BCUT2D eigenvalue weighted by atomic mass is 10.2. The van der Waals surface area contributed by atoms with Crippen LogP contribution in [0.25, 0.3) is 0 Å². The van der Waals surface area contributed by atoms with Crippen LogP contribution < -0.4 is 20.9 Å². The van der Waals surface area contributed by atoms with Crippen molar-refractivity contribution in [2.24, 2.45) is 0 Å². The molecular weight excluding hydrogens is 433 g/mol. The van der Waals surface area contributed by atoms with Crippen molar-refractivity contribution in [3.05, 3.63) is 83.7 Å². The quantitative estimate of drug-likeness (QED) is 0.470. The third-order valence-electron chi connectivity index (χ3n) is 5.23. The van der Waals surface area contributed by atoms with E-state index in [0.29, 0.717) is 11.4 Å². The van der Waals surface area contributed by atoms with Gasteiger partial charge in [0.15, 0.2) is 0 Å². The number of hydrogen-bond acceptors (Lipinski definition) is 3. The number of hydrogen-bond donors (Lipinski definition) is 3. The average Bonchev–Trinajstić information content (AvgIpc) is 3.31. The van der Waals surface area contributed by atoms with Crippen molar-refractivity contribution < 1.29 is 22.8 Å². The number of benzene rings is 3. The third-order valence-corrected chi connectivity index (χ3v) is 5.23. The van der Waals surface area contributed by atoms with Gasteiger partial charge in [0, 0.05) is 30.4 Å². The van der Waals surface area contributed by atoms with E-state index in [1.54, 1.807) is 18.2 Å². The Morgan fingerprint density at radius 2 is 1.39 bits per heavy atom. The van der Waals surface area contributed by atoms with Crippen molar-refractivity contribution in [3.63, 3.8) is 0 Å². The molecular formula is C24H21F3N4O2. The molecule has 0 atom stereocenters. The lowest BCUT2D eigenvalue weighted by molar-refractivity contribution is 0.102. The van der Waals surface area contributed by atoms with Gasteiger partial charge >= 0.3 is 6.03 Å². The predicted molar refractivity (Wildman–Crippen MR) is 121 cm³/mol. The maximum absolute atomic E-state index is 13.9. The lowest BCUT2D eigenvalue weighted by Crippen LogP contribution is -2.24. The molecule has 6 nitrogen and oxygen atoms in total. The monoisotopic (exact) mass is 454 g/mol. The third kappa shape index (κ3) is 5.43. The fourth-order valence-electron chi connectivity index (χ4n) is 3.62. The SMILES string of the molecule is O=C(Nc1cc(F)ccc1F)Nc1cc(NC(=O)c2ccc(F)cc2)ccc1N1CCCC1. The number of carbonyl (C=O) groups is 2. The Morgan fingerprint density at radius 1 is 0.727 bits per heavy atom. The van der Waals surface area contributed by atoms with E-state index >= 15 is 0 Å².